The van der Waals surface area contributed by atoms with E-state index >= 15 is 0 Å². The first-order valence-corrected chi connectivity index (χ1v) is 28.8. The van der Waals surface area contributed by atoms with Gasteiger partial charge in [-0.2, -0.15) is 70.1 Å². The number of benzene rings is 4. The van der Waals surface area contributed by atoms with Crippen LogP contribution in [0.5, 0.6) is 0 Å². The Kier molecular flexibility index (Phi) is 22.5. The molecular weight excluding hydrogens is 838 g/mol. The fourth-order valence-electron chi connectivity index (χ4n) is 4.98. The molecule has 50 heavy (non-hydrogen) atoms. The van der Waals surface area contributed by atoms with E-state index in [1.165, 1.54) is 65.3 Å². The molecule has 8 aromatic rings. The van der Waals surface area contributed by atoms with Crippen LogP contribution in [-0.2, 0) is 46.7 Å². The van der Waals surface area contributed by atoms with Crippen LogP contribution in [0.25, 0.3) is 43.1 Å². The fourth-order valence-corrected chi connectivity index (χ4v) is 4.98. The zero-order valence-electron chi connectivity index (χ0n) is 30.6. The summed E-state index contributed by atoms with van der Waals surface area (Å²) in [6.07, 6.45) is 0. The molecule has 0 fully saturated rings. The molecule has 0 heterocycles. The molecule has 8 aromatic carbocycles. The predicted octanol–water partition coefficient (Wildman–Crippen LogP) is 7.05. The maximum atomic E-state index is 2.31. The van der Waals surface area contributed by atoms with Gasteiger partial charge in [0, 0.05) is 0 Å². The van der Waals surface area contributed by atoms with Gasteiger partial charge < -0.3 is 24.8 Å². The molecule has 0 radical (unpaired) electrons. The van der Waals surface area contributed by atoms with Gasteiger partial charge in [-0.05, 0) is 27.7 Å². The molecule has 0 N–H and O–H groups in total. The van der Waals surface area contributed by atoms with Crippen molar-refractivity contribution in [2.75, 3.05) is 0 Å². The summed E-state index contributed by atoms with van der Waals surface area (Å²) in [5.74, 6) is 0. The van der Waals surface area contributed by atoms with Gasteiger partial charge in [0.2, 0.25) is 0 Å². The Hall–Kier alpha value is -1.90. The van der Waals surface area contributed by atoms with Crippen LogP contribution in [0.1, 0.15) is 22.3 Å². The number of rotatable bonds is 0. The number of hydrogen-bond acceptors (Lipinski definition) is 0. The average Bonchev–Trinajstić information content (AvgIpc) is 3.84. The molecule has 0 aliphatic heterocycles. The van der Waals surface area contributed by atoms with E-state index in [-0.39, 0.29) is 35.7 Å². The second kappa shape index (κ2) is 24.4. The number of fused-ring (bicyclic) bond motifs is 4. The molecule has 0 spiro atoms. The summed E-state index contributed by atoms with van der Waals surface area (Å²) < 4.78 is 0. The van der Waals surface area contributed by atoms with Gasteiger partial charge >= 0.3 is 83.7 Å². The largest absolute Gasteiger partial charge is 1.00 e. The smallest absolute Gasteiger partial charge is 0.0414 e. The summed E-state index contributed by atoms with van der Waals surface area (Å²) >= 11 is 3.48. The topological polar surface area (TPSA) is 0 Å². The third kappa shape index (κ3) is 17.1. The first-order chi connectivity index (χ1) is 22.9. The molecule has 256 valence electrons. The Morgan fingerprint density at radius 2 is 0.540 bits per heavy atom. The van der Waals surface area contributed by atoms with Crippen LogP contribution in [0.2, 0.25) is 26.2 Å². The van der Waals surface area contributed by atoms with Crippen LogP contribution in [-0.4, -0.2) is 10.9 Å². The Labute approximate surface area is 343 Å². The van der Waals surface area contributed by atoms with Crippen molar-refractivity contribution < 1.29 is 71.5 Å². The predicted molar refractivity (Wildman–Crippen MR) is 212 cm³/mol. The van der Waals surface area contributed by atoms with E-state index in [9.17, 15) is 0 Å². The molecule has 0 aliphatic rings. The van der Waals surface area contributed by atoms with Crippen LogP contribution < -0.4 is 24.8 Å². The first-order valence-electron chi connectivity index (χ1n) is 16.4. The molecule has 0 amide bonds. The molecule has 0 bridgehead atoms. The molecule has 6 heteroatoms. The quantitative estimate of drug-likeness (QED) is 0.113. The van der Waals surface area contributed by atoms with Crippen LogP contribution in [0, 0.1) is 27.7 Å². The van der Waals surface area contributed by atoms with Crippen molar-refractivity contribution >= 4 is 54.0 Å². The van der Waals surface area contributed by atoms with E-state index < -0.39 is 0 Å². The van der Waals surface area contributed by atoms with Crippen molar-refractivity contribution in [3.8, 4) is 0 Å². The van der Waals surface area contributed by atoms with E-state index in [1.54, 1.807) is 46.7 Å². The molecule has 0 saturated carbocycles. The standard InChI is InChI=1S/4C10H9.2C2H6Si.2ClH.2Zr/c4*1-8-5-6-9-3-2-4-10(9)7-8;2*1-3-2;;;;/h4*2-7H,1H3;2*1-2H3;2*1H;;/q4*-1;;;;;2*+2/p-2. The van der Waals surface area contributed by atoms with Crippen LogP contribution in [0.15, 0.2) is 146 Å². The molecule has 0 aromatic heterocycles. The van der Waals surface area contributed by atoms with E-state index in [2.05, 4.69) is 199 Å². The summed E-state index contributed by atoms with van der Waals surface area (Å²) in [4.78, 5) is 0. The average molecular weight is 886 g/mol. The molecule has 8 rings (SSSR count). The maximum Gasteiger partial charge on any atom is -0.0414 e. The Bertz CT molecular complexity index is 1870. The summed E-state index contributed by atoms with van der Waals surface area (Å²) in [6, 6.07) is 51.5. The van der Waals surface area contributed by atoms with Crippen molar-refractivity contribution in [2.24, 2.45) is 0 Å². The SMILES string of the molecule is C[Si](C)=[Zr+2].C[Si](C)=[Zr+2].Cc1ccc2[cH-]ccc2c1.Cc1ccc2[cH-]ccc2c1.Cc1ccc2[cH-]ccc2c1.Cc1ccc2[cH-]ccc2c1.[Cl-].[Cl-]. The summed E-state index contributed by atoms with van der Waals surface area (Å²) in [5, 5.41) is 10.7. The summed E-state index contributed by atoms with van der Waals surface area (Å²) in [7, 11) is 0. The van der Waals surface area contributed by atoms with Crippen molar-refractivity contribution in [1.82, 2.24) is 0 Å². The molecular formula is C44H48Cl2Si2Zr2-2. The first kappa shape index (κ1) is 46.1. The van der Waals surface area contributed by atoms with Gasteiger partial charge in [-0.15, -0.1) is 119 Å². The normalized spacial score (nSPS) is 9.52. The molecule has 0 nitrogen and oxygen atoms in total. The van der Waals surface area contributed by atoms with Crippen molar-refractivity contribution in [3.05, 3.63) is 168 Å². The van der Waals surface area contributed by atoms with Crippen molar-refractivity contribution in [2.45, 2.75) is 53.9 Å². The zero-order chi connectivity index (χ0) is 35.1. The van der Waals surface area contributed by atoms with Gasteiger partial charge in [0.25, 0.3) is 0 Å². The third-order valence-electron chi connectivity index (χ3n) is 7.18. The second-order valence-corrected chi connectivity index (χ2v) is 31.4. The van der Waals surface area contributed by atoms with E-state index in [0.717, 1.165) is 0 Å². The maximum absolute atomic E-state index is 2.31. The van der Waals surface area contributed by atoms with Crippen molar-refractivity contribution in [1.29, 1.82) is 0 Å². The fraction of sp³-hybridized carbons (Fsp3) is 0.182. The van der Waals surface area contributed by atoms with E-state index in [1.807, 2.05) is 0 Å². The minimum Gasteiger partial charge on any atom is -1.00 e. The Balaban J connectivity index is 0.000000308. The van der Waals surface area contributed by atoms with Gasteiger partial charge in [0.05, 0.1) is 0 Å². The van der Waals surface area contributed by atoms with Crippen LogP contribution in [0.3, 0.4) is 0 Å². The molecule has 0 atom stereocenters. The van der Waals surface area contributed by atoms with Crippen LogP contribution >= 0.6 is 0 Å². The zero-order valence-corrected chi connectivity index (χ0v) is 39.0. The molecule has 0 unspecified atom stereocenters. The van der Waals surface area contributed by atoms with Gasteiger partial charge in [-0.25, -0.2) is 0 Å². The van der Waals surface area contributed by atoms with Crippen molar-refractivity contribution in [3.63, 3.8) is 0 Å². The summed E-state index contributed by atoms with van der Waals surface area (Å²) in [5.41, 5.74) is 5.75. The Morgan fingerprint density at radius 1 is 0.360 bits per heavy atom. The van der Waals surface area contributed by atoms with Gasteiger partial charge in [-0.1, -0.05) is 22.3 Å². The van der Waals surface area contributed by atoms with E-state index in [4.69, 9.17) is 0 Å². The van der Waals surface area contributed by atoms with Crippen LogP contribution in [0.4, 0.5) is 0 Å². The number of hydrogen-bond donors (Lipinski definition) is 0. The van der Waals surface area contributed by atoms with Gasteiger partial charge in [0.15, 0.2) is 0 Å². The Morgan fingerprint density at radius 3 is 0.720 bits per heavy atom. The summed E-state index contributed by atoms with van der Waals surface area (Å²) in [6.45, 7) is 17.7. The third-order valence-corrected chi connectivity index (χ3v) is 7.18. The van der Waals surface area contributed by atoms with Gasteiger partial charge in [-0.3, -0.25) is 0 Å². The second-order valence-electron chi connectivity index (χ2n) is 12.6. The minimum absolute atomic E-state index is 0. The van der Waals surface area contributed by atoms with E-state index in [0.29, 0.717) is 0 Å². The number of halogens is 2. The molecule has 0 aliphatic carbocycles. The monoisotopic (exact) mass is 882 g/mol. The van der Waals surface area contributed by atoms with Gasteiger partial charge in [0.1, 0.15) is 0 Å². The minimum atomic E-state index is 0. The molecule has 0 saturated heterocycles. The number of aryl methyl sites for hydroxylation is 4.